The Hall–Kier alpha value is -2.57. The van der Waals surface area contributed by atoms with E-state index >= 15 is 0 Å². The Morgan fingerprint density at radius 1 is 1.17 bits per heavy atom. The van der Waals surface area contributed by atoms with E-state index in [-0.39, 0.29) is 25.5 Å². The Balaban J connectivity index is 2.24. The van der Waals surface area contributed by atoms with E-state index in [0.29, 0.717) is 6.42 Å². The van der Waals surface area contributed by atoms with Crippen molar-refractivity contribution in [2.45, 2.75) is 39.3 Å². The number of benzene rings is 1. The third-order valence-electron chi connectivity index (χ3n) is 3.17. The first-order valence-corrected chi connectivity index (χ1v) is 7.85. The van der Waals surface area contributed by atoms with Gasteiger partial charge in [-0.3, -0.25) is 4.79 Å². The van der Waals surface area contributed by atoms with Crippen LogP contribution in [0.1, 0.15) is 32.3 Å². The van der Waals surface area contributed by atoms with Gasteiger partial charge in [-0.25, -0.2) is 9.59 Å². The average molecular weight is 336 g/mol. The fourth-order valence-corrected chi connectivity index (χ4v) is 2.01. The van der Waals surface area contributed by atoms with E-state index in [1.165, 1.54) is 0 Å². The molecule has 0 aliphatic heterocycles. The molecule has 0 heterocycles. The van der Waals surface area contributed by atoms with Crippen molar-refractivity contribution < 1.29 is 24.2 Å². The molecule has 1 aromatic carbocycles. The maximum atomic E-state index is 11.7. The second kappa shape index (κ2) is 10.3. The SMILES string of the molecule is CC(C)CC(NC(=O)CCNC(=O)OCc1ccccc1)C(=O)O. The van der Waals surface area contributed by atoms with Crippen molar-refractivity contribution in [3.05, 3.63) is 35.9 Å². The number of ether oxygens (including phenoxy) is 1. The number of hydrogen-bond acceptors (Lipinski definition) is 4. The zero-order valence-corrected chi connectivity index (χ0v) is 14.0. The van der Waals surface area contributed by atoms with Gasteiger partial charge in [-0.2, -0.15) is 0 Å². The van der Waals surface area contributed by atoms with Gasteiger partial charge in [0.05, 0.1) is 0 Å². The third kappa shape index (κ3) is 8.17. The molecule has 0 radical (unpaired) electrons. The number of alkyl carbamates (subject to hydrolysis) is 1. The van der Waals surface area contributed by atoms with Crippen LogP contribution in [0.5, 0.6) is 0 Å². The summed E-state index contributed by atoms with van der Waals surface area (Å²) < 4.78 is 5.01. The lowest BCUT2D eigenvalue weighted by Crippen LogP contribution is -2.42. The van der Waals surface area contributed by atoms with Crippen LogP contribution < -0.4 is 10.6 Å². The molecule has 132 valence electrons. The van der Waals surface area contributed by atoms with E-state index in [4.69, 9.17) is 9.84 Å². The molecule has 0 saturated carbocycles. The first-order valence-electron chi connectivity index (χ1n) is 7.85. The molecule has 1 rings (SSSR count). The maximum absolute atomic E-state index is 11.7. The Morgan fingerprint density at radius 3 is 2.42 bits per heavy atom. The lowest BCUT2D eigenvalue weighted by atomic mass is 10.0. The fraction of sp³-hybridized carbons (Fsp3) is 0.471. The number of carbonyl (C=O) groups is 3. The van der Waals surface area contributed by atoms with Crippen LogP contribution in [0.15, 0.2) is 30.3 Å². The number of hydrogen-bond donors (Lipinski definition) is 3. The Morgan fingerprint density at radius 2 is 1.83 bits per heavy atom. The molecule has 0 aliphatic carbocycles. The normalized spacial score (nSPS) is 11.6. The number of carboxylic acid groups (broad SMARTS) is 1. The number of nitrogens with one attached hydrogen (secondary N) is 2. The summed E-state index contributed by atoms with van der Waals surface area (Å²) in [6, 6.07) is 8.31. The largest absolute Gasteiger partial charge is 0.480 e. The van der Waals surface area contributed by atoms with Crippen molar-refractivity contribution in [1.82, 2.24) is 10.6 Å². The summed E-state index contributed by atoms with van der Waals surface area (Å²) in [6.07, 6.45) is -0.278. The molecule has 2 amide bonds. The number of carboxylic acids is 1. The van der Waals surface area contributed by atoms with Gasteiger partial charge in [0.15, 0.2) is 0 Å². The summed E-state index contributed by atoms with van der Waals surface area (Å²) >= 11 is 0. The molecule has 1 unspecified atom stereocenters. The van der Waals surface area contributed by atoms with Crippen molar-refractivity contribution in [3.63, 3.8) is 0 Å². The molecule has 1 aromatic rings. The highest BCUT2D eigenvalue weighted by Gasteiger charge is 2.20. The van der Waals surface area contributed by atoms with Gasteiger partial charge in [-0.05, 0) is 17.9 Å². The predicted molar refractivity (Wildman–Crippen MR) is 88.3 cm³/mol. The molecular weight excluding hydrogens is 312 g/mol. The molecule has 7 nitrogen and oxygen atoms in total. The van der Waals surface area contributed by atoms with Crippen LogP contribution in [0.4, 0.5) is 4.79 Å². The molecule has 0 fully saturated rings. The summed E-state index contributed by atoms with van der Waals surface area (Å²) in [5.74, 6) is -1.34. The molecule has 1 atom stereocenters. The molecule has 24 heavy (non-hydrogen) atoms. The van der Waals surface area contributed by atoms with Crippen LogP contribution in [-0.4, -0.2) is 35.7 Å². The summed E-state index contributed by atoms with van der Waals surface area (Å²) in [6.45, 7) is 3.99. The quantitative estimate of drug-likeness (QED) is 0.639. The van der Waals surface area contributed by atoms with Gasteiger partial charge < -0.3 is 20.5 Å². The lowest BCUT2D eigenvalue weighted by Gasteiger charge is -2.16. The van der Waals surface area contributed by atoms with Crippen LogP contribution in [-0.2, 0) is 20.9 Å². The second-order valence-corrected chi connectivity index (χ2v) is 5.83. The summed E-state index contributed by atoms with van der Waals surface area (Å²) in [5.41, 5.74) is 0.864. The first-order chi connectivity index (χ1) is 11.4. The predicted octanol–water partition coefficient (Wildman–Crippen LogP) is 1.92. The average Bonchev–Trinajstić information content (AvgIpc) is 2.52. The number of carbonyl (C=O) groups excluding carboxylic acids is 2. The highest BCUT2D eigenvalue weighted by atomic mass is 16.5. The lowest BCUT2D eigenvalue weighted by molar-refractivity contribution is -0.142. The van der Waals surface area contributed by atoms with Gasteiger partial charge in [0.1, 0.15) is 12.6 Å². The smallest absolute Gasteiger partial charge is 0.407 e. The zero-order valence-electron chi connectivity index (χ0n) is 14.0. The maximum Gasteiger partial charge on any atom is 0.407 e. The molecule has 0 spiro atoms. The minimum Gasteiger partial charge on any atom is -0.480 e. The van der Waals surface area contributed by atoms with E-state index in [1.54, 1.807) is 0 Å². The van der Waals surface area contributed by atoms with Crippen molar-refractivity contribution in [2.24, 2.45) is 5.92 Å². The molecule has 3 N–H and O–H groups in total. The number of aliphatic carboxylic acids is 1. The molecule has 0 aromatic heterocycles. The number of amides is 2. The van der Waals surface area contributed by atoms with Gasteiger partial charge in [0.25, 0.3) is 0 Å². The van der Waals surface area contributed by atoms with Crippen LogP contribution in [0.25, 0.3) is 0 Å². The van der Waals surface area contributed by atoms with Crippen LogP contribution in [0, 0.1) is 5.92 Å². The molecule has 0 saturated heterocycles. The van der Waals surface area contributed by atoms with Gasteiger partial charge >= 0.3 is 12.1 Å². The Bertz CT molecular complexity index is 545. The molecular formula is C17H24N2O5. The fourth-order valence-electron chi connectivity index (χ4n) is 2.01. The number of rotatable bonds is 9. The molecule has 7 heteroatoms. The second-order valence-electron chi connectivity index (χ2n) is 5.83. The van der Waals surface area contributed by atoms with Crippen molar-refractivity contribution >= 4 is 18.0 Å². The van der Waals surface area contributed by atoms with Crippen LogP contribution in [0.3, 0.4) is 0 Å². The molecule has 0 aliphatic rings. The minimum atomic E-state index is -1.06. The van der Waals surface area contributed by atoms with E-state index in [2.05, 4.69) is 10.6 Å². The van der Waals surface area contributed by atoms with Gasteiger partial charge in [0, 0.05) is 13.0 Å². The van der Waals surface area contributed by atoms with E-state index in [9.17, 15) is 14.4 Å². The molecule has 0 bridgehead atoms. The van der Waals surface area contributed by atoms with Crippen LogP contribution in [0.2, 0.25) is 0 Å². The van der Waals surface area contributed by atoms with E-state index in [0.717, 1.165) is 5.56 Å². The summed E-state index contributed by atoms with van der Waals surface area (Å²) in [4.78, 5) is 34.3. The Labute approximate surface area is 141 Å². The highest BCUT2D eigenvalue weighted by Crippen LogP contribution is 2.05. The highest BCUT2D eigenvalue weighted by molar-refractivity contribution is 5.83. The van der Waals surface area contributed by atoms with Gasteiger partial charge in [-0.15, -0.1) is 0 Å². The third-order valence-corrected chi connectivity index (χ3v) is 3.17. The zero-order chi connectivity index (χ0) is 17.9. The monoisotopic (exact) mass is 336 g/mol. The standard InChI is InChI=1S/C17H24N2O5/c1-12(2)10-14(16(21)22)19-15(20)8-9-18-17(23)24-11-13-6-4-3-5-7-13/h3-7,12,14H,8-11H2,1-2H3,(H,18,23)(H,19,20)(H,21,22). The van der Waals surface area contributed by atoms with Crippen molar-refractivity contribution in [2.75, 3.05) is 6.54 Å². The summed E-state index contributed by atoms with van der Waals surface area (Å²) in [5, 5.41) is 14.0. The Kier molecular flexibility index (Phi) is 8.32. The topological polar surface area (TPSA) is 105 Å². The van der Waals surface area contributed by atoms with Crippen molar-refractivity contribution in [1.29, 1.82) is 0 Å². The first kappa shape index (κ1) is 19.5. The van der Waals surface area contributed by atoms with Gasteiger partial charge in [0.2, 0.25) is 5.91 Å². The minimum absolute atomic E-state index is 0.0116. The van der Waals surface area contributed by atoms with Crippen LogP contribution >= 0.6 is 0 Å². The van der Waals surface area contributed by atoms with Gasteiger partial charge in [-0.1, -0.05) is 44.2 Å². The summed E-state index contributed by atoms with van der Waals surface area (Å²) in [7, 11) is 0. The van der Waals surface area contributed by atoms with E-state index < -0.39 is 24.0 Å². The van der Waals surface area contributed by atoms with E-state index in [1.807, 2.05) is 44.2 Å². The van der Waals surface area contributed by atoms with Crippen molar-refractivity contribution in [3.8, 4) is 0 Å².